The molecule has 1 aliphatic carbocycles. The summed E-state index contributed by atoms with van der Waals surface area (Å²) in [4.78, 5) is 0. The van der Waals surface area contributed by atoms with Crippen LogP contribution in [-0.2, 0) is 6.42 Å². The highest BCUT2D eigenvalue weighted by atomic mass is 127. The van der Waals surface area contributed by atoms with Gasteiger partial charge in [0.05, 0.1) is 0 Å². The minimum Gasteiger partial charge on any atom is -0.327 e. The maximum atomic E-state index is 6.06. The first kappa shape index (κ1) is 10.4. The molecule has 0 saturated heterocycles. The maximum absolute atomic E-state index is 6.06. The maximum Gasteiger partial charge on any atom is 0.0130 e. The van der Waals surface area contributed by atoms with Crippen molar-refractivity contribution in [1.29, 1.82) is 0 Å². The Balaban J connectivity index is 2.00. The third kappa shape index (κ3) is 2.48. The summed E-state index contributed by atoms with van der Waals surface area (Å²) < 4.78 is 1.31. The highest BCUT2D eigenvalue weighted by Gasteiger charge is 2.23. The van der Waals surface area contributed by atoms with Crippen LogP contribution in [0.25, 0.3) is 0 Å². The molecule has 0 heterocycles. The highest BCUT2D eigenvalue weighted by molar-refractivity contribution is 14.1. The topological polar surface area (TPSA) is 26.0 Å². The van der Waals surface area contributed by atoms with Gasteiger partial charge in [-0.3, -0.25) is 0 Å². The van der Waals surface area contributed by atoms with Crippen LogP contribution in [0.3, 0.4) is 0 Å². The Morgan fingerprint density at radius 1 is 1.21 bits per heavy atom. The normalized spacial score (nSPS) is 26.7. The molecule has 14 heavy (non-hydrogen) atoms. The van der Waals surface area contributed by atoms with Crippen LogP contribution < -0.4 is 5.73 Å². The van der Waals surface area contributed by atoms with Gasteiger partial charge in [-0.25, -0.2) is 0 Å². The van der Waals surface area contributed by atoms with Gasteiger partial charge in [-0.05, 0) is 65.5 Å². The fraction of sp³-hybridized carbons (Fsp3) is 0.500. The standard InChI is InChI=1S/C12H16IN/c13-11-6-4-9(5-7-11)8-10-2-1-3-12(10)14/h4-7,10,12H,1-3,8,14H2. The Bertz CT molecular complexity index is 294. The second kappa shape index (κ2) is 4.62. The van der Waals surface area contributed by atoms with Crippen molar-refractivity contribution in [2.45, 2.75) is 31.7 Å². The molecule has 1 aromatic carbocycles. The molecular weight excluding hydrogens is 285 g/mol. The Morgan fingerprint density at radius 3 is 2.50 bits per heavy atom. The highest BCUT2D eigenvalue weighted by Crippen LogP contribution is 2.27. The zero-order chi connectivity index (χ0) is 9.97. The number of halogens is 1. The second-order valence-corrected chi connectivity index (χ2v) is 5.43. The summed E-state index contributed by atoms with van der Waals surface area (Å²) in [6.45, 7) is 0. The average molecular weight is 301 g/mol. The van der Waals surface area contributed by atoms with Gasteiger partial charge in [-0.15, -0.1) is 0 Å². The summed E-state index contributed by atoms with van der Waals surface area (Å²) in [5.74, 6) is 0.718. The monoisotopic (exact) mass is 301 g/mol. The fourth-order valence-corrected chi connectivity index (χ4v) is 2.60. The summed E-state index contributed by atoms with van der Waals surface area (Å²) in [6, 6.07) is 9.25. The molecule has 0 amide bonds. The Morgan fingerprint density at radius 2 is 1.93 bits per heavy atom. The second-order valence-electron chi connectivity index (χ2n) is 4.19. The van der Waals surface area contributed by atoms with Gasteiger partial charge >= 0.3 is 0 Å². The lowest BCUT2D eigenvalue weighted by Gasteiger charge is -2.14. The largest absolute Gasteiger partial charge is 0.327 e. The van der Waals surface area contributed by atoms with E-state index in [2.05, 4.69) is 46.9 Å². The van der Waals surface area contributed by atoms with Crippen LogP contribution in [-0.4, -0.2) is 6.04 Å². The van der Waals surface area contributed by atoms with Gasteiger partial charge in [0, 0.05) is 9.61 Å². The molecule has 0 aromatic heterocycles. The SMILES string of the molecule is NC1CCCC1Cc1ccc(I)cc1. The molecule has 0 spiro atoms. The van der Waals surface area contributed by atoms with Crippen molar-refractivity contribution < 1.29 is 0 Å². The van der Waals surface area contributed by atoms with E-state index in [4.69, 9.17) is 5.73 Å². The molecule has 1 nitrogen and oxygen atoms in total. The summed E-state index contributed by atoms with van der Waals surface area (Å²) in [6.07, 6.45) is 5.01. The molecule has 2 rings (SSSR count). The number of benzene rings is 1. The molecule has 2 N–H and O–H groups in total. The first-order valence-corrected chi connectivity index (χ1v) is 6.33. The van der Waals surface area contributed by atoms with E-state index < -0.39 is 0 Å². The number of hydrogen-bond donors (Lipinski definition) is 1. The molecule has 2 atom stereocenters. The lowest BCUT2D eigenvalue weighted by molar-refractivity contribution is 0.479. The minimum absolute atomic E-state index is 0.439. The summed E-state index contributed by atoms with van der Waals surface area (Å²) in [5.41, 5.74) is 7.49. The van der Waals surface area contributed by atoms with Crippen molar-refractivity contribution in [2.24, 2.45) is 11.7 Å². The van der Waals surface area contributed by atoms with Crippen LogP contribution in [0.1, 0.15) is 24.8 Å². The molecular formula is C12H16IN. The van der Waals surface area contributed by atoms with Crippen LogP contribution in [0.4, 0.5) is 0 Å². The van der Waals surface area contributed by atoms with Crippen LogP contribution in [0.2, 0.25) is 0 Å². The summed E-state index contributed by atoms with van der Waals surface area (Å²) in [5, 5.41) is 0. The van der Waals surface area contributed by atoms with Crippen molar-refractivity contribution in [3.63, 3.8) is 0 Å². The fourth-order valence-electron chi connectivity index (χ4n) is 2.24. The van der Waals surface area contributed by atoms with Gasteiger partial charge in [-0.1, -0.05) is 18.6 Å². The Hall–Kier alpha value is -0.0900. The molecule has 0 radical (unpaired) electrons. The Labute approximate surface area is 99.2 Å². The van der Waals surface area contributed by atoms with Crippen molar-refractivity contribution in [1.82, 2.24) is 0 Å². The van der Waals surface area contributed by atoms with Crippen LogP contribution in [0.15, 0.2) is 24.3 Å². The van der Waals surface area contributed by atoms with Gasteiger partial charge in [0.2, 0.25) is 0 Å². The number of nitrogens with two attached hydrogens (primary N) is 1. The van der Waals surface area contributed by atoms with Gasteiger partial charge in [0.25, 0.3) is 0 Å². The van der Waals surface area contributed by atoms with E-state index in [0.717, 1.165) is 12.3 Å². The first-order valence-electron chi connectivity index (χ1n) is 5.26. The smallest absolute Gasteiger partial charge is 0.0130 e. The average Bonchev–Trinajstić information content (AvgIpc) is 2.56. The van der Waals surface area contributed by atoms with Crippen molar-refractivity contribution in [3.8, 4) is 0 Å². The van der Waals surface area contributed by atoms with Gasteiger partial charge in [-0.2, -0.15) is 0 Å². The predicted octanol–water partition coefficient (Wildman–Crippen LogP) is 2.96. The van der Waals surface area contributed by atoms with Gasteiger partial charge < -0.3 is 5.73 Å². The molecule has 1 fully saturated rings. The number of rotatable bonds is 2. The van der Waals surface area contributed by atoms with Crippen LogP contribution in [0, 0.1) is 9.49 Å². The van der Waals surface area contributed by atoms with E-state index in [-0.39, 0.29) is 0 Å². The molecule has 1 saturated carbocycles. The van der Waals surface area contributed by atoms with Crippen molar-refractivity contribution in [3.05, 3.63) is 33.4 Å². The predicted molar refractivity (Wildman–Crippen MR) is 68.2 cm³/mol. The molecule has 1 aromatic rings. The molecule has 76 valence electrons. The van der Waals surface area contributed by atoms with E-state index in [1.807, 2.05) is 0 Å². The zero-order valence-corrected chi connectivity index (χ0v) is 10.4. The van der Waals surface area contributed by atoms with E-state index in [1.165, 1.54) is 28.4 Å². The first-order chi connectivity index (χ1) is 6.75. The van der Waals surface area contributed by atoms with Gasteiger partial charge in [0.1, 0.15) is 0 Å². The van der Waals surface area contributed by atoms with E-state index in [0.29, 0.717) is 6.04 Å². The van der Waals surface area contributed by atoms with E-state index in [9.17, 15) is 0 Å². The lowest BCUT2D eigenvalue weighted by atomic mass is 9.95. The third-order valence-electron chi connectivity index (χ3n) is 3.13. The minimum atomic E-state index is 0.439. The van der Waals surface area contributed by atoms with Crippen LogP contribution >= 0.6 is 22.6 Å². The number of hydrogen-bond acceptors (Lipinski definition) is 1. The van der Waals surface area contributed by atoms with Gasteiger partial charge in [0.15, 0.2) is 0 Å². The zero-order valence-electron chi connectivity index (χ0n) is 8.25. The quantitative estimate of drug-likeness (QED) is 0.835. The molecule has 0 bridgehead atoms. The van der Waals surface area contributed by atoms with E-state index in [1.54, 1.807) is 0 Å². The lowest BCUT2D eigenvalue weighted by Crippen LogP contribution is -2.25. The van der Waals surface area contributed by atoms with Crippen molar-refractivity contribution in [2.75, 3.05) is 0 Å². The molecule has 0 aliphatic heterocycles. The van der Waals surface area contributed by atoms with Crippen molar-refractivity contribution >= 4 is 22.6 Å². The summed E-state index contributed by atoms with van der Waals surface area (Å²) in [7, 11) is 0. The molecule has 2 unspecified atom stereocenters. The summed E-state index contributed by atoms with van der Waals surface area (Å²) >= 11 is 2.34. The Kier molecular flexibility index (Phi) is 3.44. The molecule has 2 heteroatoms. The molecule has 1 aliphatic rings. The third-order valence-corrected chi connectivity index (χ3v) is 3.85. The van der Waals surface area contributed by atoms with Crippen LogP contribution in [0.5, 0.6) is 0 Å². The van der Waals surface area contributed by atoms with E-state index >= 15 is 0 Å².